The fourth-order valence-electron chi connectivity index (χ4n) is 2.21. The molecule has 21 heavy (non-hydrogen) atoms. The van der Waals surface area contributed by atoms with Crippen LogP contribution < -0.4 is 5.32 Å². The van der Waals surface area contributed by atoms with Gasteiger partial charge in [-0.15, -0.1) is 27.8 Å². The third-order valence-electron chi connectivity index (χ3n) is 3.33. The summed E-state index contributed by atoms with van der Waals surface area (Å²) in [5, 5.41) is 13.9. The van der Waals surface area contributed by atoms with Gasteiger partial charge in [-0.3, -0.25) is 0 Å². The number of fused-ring (bicyclic) bond motifs is 1. The Kier molecular flexibility index (Phi) is 4.26. The first kappa shape index (κ1) is 14.2. The van der Waals surface area contributed by atoms with E-state index < -0.39 is 0 Å². The number of nitrogens with zero attached hydrogens (tertiary/aromatic N) is 2. The number of thiophene rings is 2. The molecule has 3 aromatic heterocycles. The van der Waals surface area contributed by atoms with Crippen molar-refractivity contribution in [1.82, 2.24) is 10.2 Å². The van der Waals surface area contributed by atoms with Crippen molar-refractivity contribution in [1.29, 1.82) is 0 Å². The fraction of sp³-hybridized carbons (Fsp3) is 0.267. The molecule has 0 aliphatic heterocycles. The first-order valence-electron chi connectivity index (χ1n) is 6.73. The van der Waals surface area contributed by atoms with E-state index >= 15 is 0 Å². The highest BCUT2D eigenvalue weighted by atomic mass is 32.1. The normalized spacial score (nSPS) is 10.9. The van der Waals surface area contributed by atoms with Crippen LogP contribution in [0.2, 0.25) is 0 Å². The molecule has 0 saturated carbocycles. The average Bonchev–Trinajstić information content (AvgIpc) is 3.12. The van der Waals surface area contributed by atoms with E-state index in [-0.39, 0.29) is 0 Å². The molecule has 3 rings (SSSR count). The Labute approximate surface area is 130 Å². The monoisotopic (exact) mass is 317 g/mol. The molecule has 3 aromatic rings. The maximum Gasteiger partial charge on any atom is 0.120 e. The number of hydrogen-bond donors (Lipinski definition) is 1. The van der Waals surface area contributed by atoms with Gasteiger partial charge in [0, 0.05) is 22.7 Å². The summed E-state index contributed by atoms with van der Waals surface area (Å²) in [5.74, 6) is 0. The van der Waals surface area contributed by atoms with Crippen LogP contribution in [0.25, 0.3) is 10.2 Å². The number of aryl methyl sites for hydroxylation is 2. The minimum absolute atomic E-state index is 0.555. The molecular formula is C15H15N3OS2. The van der Waals surface area contributed by atoms with Crippen LogP contribution in [0.4, 0.5) is 5.69 Å². The topological polar surface area (TPSA) is 54.9 Å². The summed E-state index contributed by atoms with van der Waals surface area (Å²) in [6.45, 7) is 2.84. The number of nitrogens with one attached hydrogen (secondary N) is 1. The van der Waals surface area contributed by atoms with Gasteiger partial charge in [-0.2, -0.15) is 5.10 Å². The summed E-state index contributed by atoms with van der Waals surface area (Å²) in [6, 6.07) is 4.16. The van der Waals surface area contributed by atoms with E-state index in [0.29, 0.717) is 6.42 Å². The van der Waals surface area contributed by atoms with Crippen molar-refractivity contribution in [2.75, 3.05) is 5.32 Å². The molecule has 0 radical (unpaired) electrons. The summed E-state index contributed by atoms with van der Waals surface area (Å²) in [4.78, 5) is 13.1. The molecule has 1 N–H and O–H groups in total. The first-order valence-corrected chi connectivity index (χ1v) is 8.42. The van der Waals surface area contributed by atoms with Crippen molar-refractivity contribution < 1.29 is 4.79 Å². The van der Waals surface area contributed by atoms with Gasteiger partial charge in [0.15, 0.2) is 0 Å². The van der Waals surface area contributed by atoms with Gasteiger partial charge in [0.25, 0.3) is 0 Å². The molecule has 0 bridgehead atoms. The van der Waals surface area contributed by atoms with E-state index in [2.05, 4.69) is 40.0 Å². The second-order valence-corrected chi connectivity index (χ2v) is 6.86. The second-order valence-electron chi connectivity index (χ2n) is 4.72. The molecule has 0 aliphatic rings. The number of aldehydes is 1. The summed E-state index contributed by atoms with van der Waals surface area (Å²) in [7, 11) is 0. The molecule has 0 aliphatic carbocycles. The van der Waals surface area contributed by atoms with Gasteiger partial charge in [-0.25, -0.2) is 0 Å². The third kappa shape index (κ3) is 2.96. The number of carbonyl (C=O) groups excluding carboxylic acids is 1. The van der Waals surface area contributed by atoms with E-state index in [1.54, 1.807) is 28.9 Å². The Morgan fingerprint density at radius 1 is 1.43 bits per heavy atom. The molecule has 0 aromatic carbocycles. The maximum atomic E-state index is 10.6. The molecule has 0 amide bonds. The summed E-state index contributed by atoms with van der Waals surface area (Å²) in [5.41, 5.74) is 3.10. The van der Waals surface area contributed by atoms with Crippen LogP contribution in [-0.2, 0) is 17.8 Å². The zero-order chi connectivity index (χ0) is 14.7. The Bertz CT molecular complexity index is 750. The molecule has 0 spiro atoms. The fourth-order valence-corrected chi connectivity index (χ4v) is 4.09. The van der Waals surface area contributed by atoms with E-state index in [1.807, 2.05) is 0 Å². The van der Waals surface area contributed by atoms with Crippen molar-refractivity contribution in [2.24, 2.45) is 0 Å². The van der Waals surface area contributed by atoms with Crippen molar-refractivity contribution >= 4 is 44.9 Å². The second kappa shape index (κ2) is 6.32. The van der Waals surface area contributed by atoms with E-state index in [4.69, 9.17) is 0 Å². The predicted octanol–water partition coefficient (Wildman–Crippen LogP) is 3.80. The Morgan fingerprint density at radius 3 is 3.10 bits per heavy atom. The van der Waals surface area contributed by atoms with Crippen LogP contribution in [0.5, 0.6) is 0 Å². The van der Waals surface area contributed by atoms with Gasteiger partial charge in [0.1, 0.15) is 11.8 Å². The zero-order valence-corrected chi connectivity index (χ0v) is 13.3. The number of rotatable bonds is 6. The molecule has 4 nitrogen and oxygen atoms in total. The highest BCUT2D eigenvalue weighted by Crippen LogP contribution is 2.34. The summed E-state index contributed by atoms with van der Waals surface area (Å²) < 4.78 is 1.12. The Hall–Kier alpha value is -1.79. The maximum absolute atomic E-state index is 10.6. The zero-order valence-electron chi connectivity index (χ0n) is 11.6. The molecule has 0 atom stereocenters. The molecule has 6 heteroatoms. The molecule has 0 fully saturated rings. The SMILES string of the molecule is Cc1c(CCC=O)sc2c(NCc3cccs3)cnnc12. The number of hydrogen-bond acceptors (Lipinski definition) is 6. The Balaban J connectivity index is 1.89. The molecule has 3 heterocycles. The number of anilines is 1. The predicted molar refractivity (Wildman–Crippen MR) is 88.2 cm³/mol. The van der Waals surface area contributed by atoms with Crippen molar-refractivity contribution in [2.45, 2.75) is 26.3 Å². The lowest BCUT2D eigenvalue weighted by molar-refractivity contribution is -0.107. The molecule has 108 valence electrons. The number of carbonyl (C=O) groups is 1. The van der Waals surface area contributed by atoms with Gasteiger partial charge in [0.2, 0.25) is 0 Å². The summed E-state index contributed by atoms with van der Waals surface area (Å²) >= 11 is 3.44. The van der Waals surface area contributed by atoms with Crippen LogP contribution >= 0.6 is 22.7 Å². The van der Waals surface area contributed by atoms with E-state index in [9.17, 15) is 4.79 Å². The van der Waals surface area contributed by atoms with Crippen LogP contribution in [0, 0.1) is 6.92 Å². The largest absolute Gasteiger partial charge is 0.378 e. The van der Waals surface area contributed by atoms with Gasteiger partial charge in [0.05, 0.1) is 16.6 Å². The quantitative estimate of drug-likeness (QED) is 0.703. The van der Waals surface area contributed by atoms with E-state index in [1.165, 1.54) is 9.75 Å². The highest BCUT2D eigenvalue weighted by molar-refractivity contribution is 7.19. The lowest BCUT2D eigenvalue weighted by atomic mass is 10.2. The van der Waals surface area contributed by atoms with Crippen LogP contribution in [0.1, 0.15) is 21.7 Å². The third-order valence-corrected chi connectivity index (χ3v) is 5.58. The van der Waals surface area contributed by atoms with E-state index in [0.717, 1.165) is 40.7 Å². The van der Waals surface area contributed by atoms with Crippen molar-refractivity contribution in [3.8, 4) is 0 Å². The van der Waals surface area contributed by atoms with Gasteiger partial charge >= 0.3 is 0 Å². The van der Waals surface area contributed by atoms with Crippen LogP contribution in [0.3, 0.4) is 0 Å². The Morgan fingerprint density at radius 2 is 2.33 bits per heavy atom. The minimum atomic E-state index is 0.555. The van der Waals surface area contributed by atoms with Gasteiger partial charge in [-0.1, -0.05) is 6.07 Å². The number of aromatic nitrogens is 2. The lowest BCUT2D eigenvalue weighted by Gasteiger charge is -2.04. The van der Waals surface area contributed by atoms with Gasteiger partial charge in [-0.05, 0) is 30.4 Å². The molecule has 0 unspecified atom stereocenters. The molecule has 0 saturated heterocycles. The average molecular weight is 317 g/mol. The molecular weight excluding hydrogens is 302 g/mol. The van der Waals surface area contributed by atoms with Crippen molar-refractivity contribution in [3.63, 3.8) is 0 Å². The first-order chi connectivity index (χ1) is 10.3. The summed E-state index contributed by atoms with van der Waals surface area (Å²) in [6.07, 6.45) is 4.07. The smallest absolute Gasteiger partial charge is 0.120 e. The van der Waals surface area contributed by atoms with Crippen molar-refractivity contribution in [3.05, 3.63) is 39.0 Å². The lowest BCUT2D eigenvalue weighted by Crippen LogP contribution is -1.98. The van der Waals surface area contributed by atoms with Crippen LogP contribution in [0.15, 0.2) is 23.7 Å². The van der Waals surface area contributed by atoms with Crippen LogP contribution in [-0.4, -0.2) is 16.5 Å². The highest BCUT2D eigenvalue weighted by Gasteiger charge is 2.13. The van der Waals surface area contributed by atoms with Gasteiger partial charge < -0.3 is 10.1 Å². The minimum Gasteiger partial charge on any atom is -0.378 e. The standard InChI is InChI=1S/C15H15N3OS2/c1-10-13(5-2-6-19)21-15-12(9-17-18-14(10)15)16-8-11-4-3-7-20-11/h3-4,6-7,9H,2,5,8H2,1H3,(H,16,18).